The predicted molar refractivity (Wildman–Crippen MR) is 26.1 cm³/mol. The van der Waals surface area contributed by atoms with Crippen LogP contribution in [0.3, 0.4) is 0 Å². The number of nitrogens with zero attached hydrogens (tertiary/aromatic N) is 1. The molecular formula is C4H6N2O. The Kier molecular flexibility index (Phi) is 0.817. The summed E-state index contributed by atoms with van der Waals surface area (Å²) in [4.78, 5) is 14.1. The zero-order chi connectivity index (χ0) is 5.28. The number of rotatable bonds is 0. The van der Waals surface area contributed by atoms with Gasteiger partial charge in [-0.1, -0.05) is 0 Å². The van der Waals surface area contributed by atoms with Crippen molar-refractivity contribution < 1.29 is 4.79 Å². The Morgan fingerprint density at radius 1 is 2.00 bits per heavy atom. The van der Waals surface area contributed by atoms with E-state index in [4.69, 9.17) is 0 Å². The molecule has 0 aromatic rings. The SMILES string of the molecule is C[C@H]1N=CNC1=O. The lowest BCUT2D eigenvalue weighted by Gasteiger charge is -1.88. The molecule has 1 aliphatic rings. The van der Waals surface area contributed by atoms with Gasteiger partial charge in [0.25, 0.3) is 0 Å². The second-order valence-corrected chi connectivity index (χ2v) is 1.46. The predicted octanol–water partition coefficient (Wildman–Crippen LogP) is -0.467. The molecule has 0 aliphatic carbocycles. The number of aliphatic imine (C=N–C) groups is 1. The maximum Gasteiger partial charge on any atom is 0.249 e. The molecule has 1 N–H and O–H groups in total. The molecular weight excluding hydrogens is 92.1 g/mol. The lowest BCUT2D eigenvalue weighted by molar-refractivity contribution is -0.119. The van der Waals surface area contributed by atoms with E-state index >= 15 is 0 Å². The highest BCUT2D eigenvalue weighted by molar-refractivity contribution is 5.96. The molecule has 3 heteroatoms. The van der Waals surface area contributed by atoms with E-state index in [2.05, 4.69) is 10.3 Å². The molecule has 0 unspecified atom stereocenters. The van der Waals surface area contributed by atoms with E-state index < -0.39 is 0 Å². The fraction of sp³-hybridized carbons (Fsp3) is 0.500. The quantitative estimate of drug-likeness (QED) is 0.437. The van der Waals surface area contributed by atoms with Gasteiger partial charge in [0.2, 0.25) is 5.91 Å². The molecule has 0 saturated carbocycles. The Bertz CT molecular complexity index is 119. The first-order valence-corrected chi connectivity index (χ1v) is 2.13. The topological polar surface area (TPSA) is 41.5 Å². The molecule has 0 aromatic heterocycles. The third-order valence-electron chi connectivity index (χ3n) is 0.884. The van der Waals surface area contributed by atoms with Gasteiger partial charge < -0.3 is 5.32 Å². The number of hydrogen-bond acceptors (Lipinski definition) is 2. The Hall–Kier alpha value is -0.860. The lowest BCUT2D eigenvalue weighted by atomic mass is 10.4. The van der Waals surface area contributed by atoms with Crippen LogP contribution in [0.2, 0.25) is 0 Å². The van der Waals surface area contributed by atoms with Crippen LogP contribution in [0.15, 0.2) is 4.99 Å². The summed E-state index contributed by atoms with van der Waals surface area (Å²) in [6.07, 6.45) is 1.42. The Morgan fingerprint density at radius 2 is 2.71 bits per heavy atom. The van der Waals surface area contributed by atoms with Crippen LogP contribution < -0.4 is 5.32 Å². The fourth-order valence-corrected chi connectivity index (χ4v) is 0.401. The normalized spacial score (nSPS) is 28.1. The molecule has 1 rings (SSSR count). The van der Waals surface area contributed by atoms with E-state index in [0.717, 1.165) is 0 Å². The molecule has 38 valence electrons. The van der Waals surface area contributed by atoms with Crippen molar-refractivity contribution >= 4 is 12.2 Å². The second-order valence-electron chi connectivity index (χ2n) is 1.46. The summed E-state index contributed by atoms with van der Waals surface area (Å²) in [5, 5.41) is 2.44. The molecule has 3 nitrogen and oxygen atoms in total. The maximum atomic E-state index is 10.3. The van der Waals surface area contributed by atoms with Crippen molar-refractivity contribution in [3.05, 3.63) is 0 Å². The summed E-state index contributed by atoms with van der Waals surface area (Å²) in [5.41, 5.74) is 0. The molecule has 1 atom stereocenters. The van der Waals surface area contributed by atoms with E-state index in [9.17, 15) is 4.79 Å². The van der Waals surface area contributed by atoms with Crippen molar-refractivity contribution in [3.8, 4) is 0 Å². The number of amides is 1. The molecule has 7 heavy (non-hydrogen) atoms. The summed E-state index contributed by atoms with van der Waals surface area (Å²) >= 11 is 0. The Labute approximate surface area is 41.4 Å². The third kappa shape index (κ3) is 0.607. The molecule has 0 spiro atoms. The first-order chi connectivity index (χ1) is 3.30. The average Bonchev–Trinajstić information content (AvgIpc) is 1.91. The summed E-state index contributed by atoms with van der Waals surface area (Å²) in [7, 11) is 0. The van der Waals surface area contributed by atoms with Gasteiger partial charge in [-0.3, -0.25) is 9.79 Å². The van der Waals surface area contributed by atoms with Gasteiger partial charge in [0.05, 0.1) is 6.34 Å². The molecule has 1 amide bonds. The van der Waals surface area contributed by atoms with Gasteiger partial charge in [-0.2, -0.15) is 0 Å². The van der Waals surface area contributed by atoms with Gasteiger partial charge >= 0.3 is 0 Å². The van der Waals surface area contributed by atoms with Crippen molar-refractivity contribution in [2.24, 2.45) is 4.99 Å². The smallest absolute Gasteiger partial charge is 0.249 e. The van der Waals surface area contributed by atoms with Crippen LogP contribution in [0.4, 0.5) is 0 Å². The van der Waals surface area contributed by atoms with Crippen LogP contribution in [-0.4, -0.2) is 18.3 Å². The van der Waals surface area contributed by atoms with Crippen molar-refractivity contribution in [1.82, 2.24) is 5.32 Å². The standard InChI is InChI=1S/C4H6N2O/c1-3-4(7)6-2-5-3/h2-3H,1H3,(H,5,6,7)/t3-/m1/s1. The fourth-order valence-electron chi connectivity index (χ4n) is 0.401. The monoisotopic (exact) mass is 98.0 g/mol. The van der Waals surface area contributed by atoms with E-state index in [1.807, 2.05) is 0 Å². The zero-order valence-corrected chi connectivity index (χ0v) is 4.01. The van der Waals surface area contributed by atoms with Gasteiger partial charge in [-0.15, -0.1) is 0 Å². The Morgan fingerprint density at radius 3 is 2.86 bits per heavy atom. The van der Waals surface area contributed by atoms with Gasteiger partial charge in [-0.25, -0.2) is 0 Å². The molecule has 0 bridgehead atoms. The highest BCUT2D eigenvalue weighted by atomic mass is 16.2. The van der Waals surface area contributed by atoms with Gasteiger partial charge in [-0.05, 0) is 6.92 Å². The second kappa shape index (κ2) is 1.33. The summed E-state index contributed by atoms with van der Waals surface area (Å²) in [6, 6.07) is -0.167. The highest BCUT2D eigenvalue weighted by Gasteiger charge is 2.12. The largest absolute Gasteiger partial charge is 0.315 e. The Balaban J connectivity index is 2.62. The van der Waals surface area contributed by atoms with Crippen LogP contribution in [0.25, 0.3) is 0 Å². The minimum Gasteiger partial charge on any atom is -0.315 e. The van der Waals surface area contributed by atoms with Crippen molar-refractivity contribution in [2.75, 3.05) is 0 Å². The summed E-state index contributed by atoms with van der Waals surface area (Å²) in [5.74, 6) is -0.0139. The number of nitrogens with one attached hydrogen (secondary N) is 1. The van der Waals surface area contributed by atoms with E-state index in [1.165, 1.54) is 6.34 Å². The summed E-state index contributed by atoms with van der Waals surface area (Å²) in [6.45, 7) is 1.75. The van der Waals surface area contributed by atoms with Crippen LogP contribution in [0, 0.1) is 0 Å². The first kappa shape index (κ1) is 4.30. The molecule has 1 heterocycles. The number of hydrogen-bond donors (Lipinski definition) is 1. The number of carbonyl (C=O) groups is 1. The van der Waals surface area contributed by atoms with E-state index in [1.54, 1.807) is 6.92 Å². The lowest BCUT2D eigenvalue weighted by Crippen LogP contribution is -2.21. The molecule has 1 aliphatic heterocycles. The van der Waals surface area contributed by atoms with Gasteiger partial charge in [0.15, 0.2) is 0 Å². The summed E-state index contributed by atoms with van der Waals surface area (Å²) < 4.78 is 0. The highest BCUT2D eigenvalue weighted by Crippen LogP contribution is 1.90. The van der Waals surface area contributed by atoms with Crippen LogP contribution in [0.1, 0.15) is 6.92 Å². The molecule has 0 fully saturated rings. The van der Waals surface area contributed by atoms with Crippen LogP contribution in [-0.2, 0) is 4.79 Å². The van der Waals surface area contributed by atoms with E-state index in [0.29, 0.717) is 0 Å². The van der Waals surface area contributed by atoms with E-state index in [-0.39, 0.29) is 11.9 Å². The van der Waals surface area contributed by atoms with Gasteiger partial charge in [0, 0.05) is 0 Å². The number of carbonyl (C=O) groups excluding carboxylic acids is 1. The van der Waals surface area contributed by atoms with Crippen molar-refractivity contribution in [1.29, 1.82) is 0 Å². The van der Waals surface area contributed by atoms with Crippen LogP contribution in [0.5, 0.6) is 0 Å². The molecule has 0 radical (unpaired) electrons. The van der Waals surface area contributed by atoms with Crippen molar-refractivity contribution in [2.45, 2.75) is 13.0 Å². The zero-order valence-electron chi connectivity index (χ0n) is 4.01. The molecule has 0 saturated heterocycles. The average molecular weight is 98.1 g/mol. The van der Waals surface area contributed by atoms with Gasteiger partial charge in [0.1, 0.15) is 6.04 Å². The van der Waals surface area contributed by atoms with Crippen LogP contribution >= 0.6 is 0 Å². The van der Waals surface area contributed by atoms with Crippen molar-refractivity contribution in [3.63, 3.8) is 0 Å². The minimum atomic E-state index is -0.167. The minimum absolute atomic E-state index is 0.0139. The maximum absolute atomic E-state index is 10.3. The molecule has 0 aromatic carbocycles. The third-order valence-corrected chi connectivity index (χ3v) is 0.884. The first-order valence-electron chi connectivity index (χ1n) is 2.13.